The van der Waals surface area contributed by atoms with Gasteiger partial charge in [-0.25, -0.2) is 0 Å². The molecule has 0 aromatic heterocycles. The van der Waals surface area contributed by atoms with Crippen molar-refractivity contribution in [3.63, 3.8) is 0 Å². The molecule has 1 rings (SSSR count). The molecule has 19 heavy (non-hydrogen) atoms. The van der Waals surface area contributed by atoms with Gasteiger partial charge >= 0.3 is 0 Å². The van der Waals surface area contributed by atoms with Gasteiger partial charge in [-0.3, -0.25) is 0 Å². The molecule has 1 N–H and O–H groups in total. The van der Waals surface area contributed by atoms with Crippen LogP contribution in [0.15, 0.2) is 18.2 Å². The summed E-state index contributed by atoms with van der Waals surface area (Å²) in [6.07, 6.45) is 0.817. The quantitative estimate of drug-likeness (QED) is 0.849. The van der Waals surface area contributed by atoms with E-state index in [9.17, 15) is 5.26 Å². The normalized spacial score (nSPS) is 13.9. The third kappa shape index (κ3) is 3.48. The zero-order valence-electron chi connectivity index (χ0n) is 12.5. The molecular weight excluding hydrogens is 236 g/mol. The summed E-state index contributed by atoms with van der Waals surface area (Å²) in [5.74, 6) is 1.27. The summed E-state index contributed by atoms with van der Waals surface area (Å²) in [6, 6.07) is 8.66. The van der Waals surface area contributed by atoms with Crippen molar-refractivity contribution in [2.24, 2.45) is 5.92 Å². The standard InChI is InChI=1S/C16H24N2O/c1-6-12(10-17)16(18-4)14-8-7-13(11(2)3)9-15(14)19-5/h7-9,11-12,16,18H,6H2,1-5H3. The van der Waals surface area contributed by atoms with Crippen molar-refractivity contribution < 1.29 is 4.74 Å². The van der Waals surface area contributed by atoms with Crippen LogP contribution in [0.4, 0.5) is 0 Å². The van der Waals surface area contributed by atoms with E-state index in [-0.39, 0.29) is 12.0 Å². The number of hydrogen-bond acceptors (Lipinski definition) is 3. The Bertz CT molecular complexity index is 449. The van der Waals surface area contributed by atoms with Gasteiger partial charge in [0.15, 0.2) is 0 Å². The summed E-state index contributed by atoms with van der Waals surface area (Å²) in [7, 11) is 3.57. The van der Waals surface area contributed by atoms with Crippen LogP contribution in [0.1, 0.15) is 50.3 Å². The second kappa shape index (κ2) is 7.16. The Balaban J connectivity index is 3.21. The van der Waals surface area contributed by atoms with Crippen LogP contribution >= 0.6 is 0 Å². The molecule has 104 valence electrons. The number of rotatable bonds is 6. The molecule has 0 amide bonds. The summed E-state index contributed by atoms with van der Waals surface area (Å²) >= 11 is 0. The topological polar surface area (TPSA) is 45.0 Å². The van der Waals surface area contributed by atoms with E-state index in [2.05, 4.69) is 43.4 Å². The molecule has 2 unspecified atom stereocenters. The Hall–Kier alpha value is -1.53. The lowest BCUT2D eigenvalue weighted by molar-refractivity contribution is 0.383. The van der Waals surface area contributed by atoms with Crippen LogP contribution in [0.25, 0.3) is 0 Å². The molecule has 1 aromatic rings. The van der Waals surface area contributed by atoms with Gasteiger partial charge in [0.1, 0.15) is 5.75 Å². The molecular formula is C16H24N2O. The van der Waals surface area contributed by atoms with E-state index in [0.29, 0.717) is 5.92 Å². The van der Waals surface area contributed by atoms with Gasteiger partial charge in [-0.1, -0.05) is 32.9 Å². The maximum Gasteiger partial charge on any atom is 0.123 e. The molecule has 0 radical (unpaired) electrons. The van der Waals surface area contributed by atoms with Crippen LogP contribution in [0.2, 0.25) is 0 Å². The summed E-state index contributed by atoms with van der Waals surface area (Å²) in [6.45, 7) is 6.36. The van der Waals surface area contributed by atoms with Crippen molar-refractivity contribution >= 4 is 0 Å². The van der Waals surface area contributed by atoms with Crippen molar-refractivity contribution in [1.82, 2.24) is 5.32 Å². The SMILES string of the molecule is CCC(C#N)C(NC)c1ccc(C(C)C)cc1OC. The highest BCUT2D eigenvalue weighted by molar-refractivity contribution is 5.41. The van der Waals surface area contributed by atoms with Gasteiger partial charge in [0.25, 0.3) is 0 Å². The molecule has 1 aromatic carbocycles. The lowest BCUT2D eigenvalue weighted by Crippen LogP contribution is -2.24. The summed E-state index contributed by atoms with van der Waals surface area (Å²) in [4.78, 5) is 0. The van der Waals surface area contributed by atoms with Crippen LogP contribution in [-0.4, -0.2) is 14.2 Å². The van der Waals surface area contributed by atoms with Gasteiger partial charge in [-0.15, -0.1) is 0 Å². The summed E-state index contributed by atoms with van der Waals surface area (Å²) in [5.41, 5.74) is 2.31. The monoisotopic (exact) mass is 260 g/mol. The molecule has 2 atom stereocenters. The molecule has 0 aliphatic carbocycles. The molecule has 3 nitrogen and oxygen atoms in total. The highest BCUT2D eigenvalue weighted by Gasteiger charge is 2.23. The van der Waals surface area contributed by atoms with E-state index in [1.165, 1.54) is 5.56 Å². The number of nitriles is 1. The van der Waals surface area contributed by atoms with Gasteiger partial charge in [0.2, 0.25) is 0 Å². The van der Waals surface area contributed by atoms with E-state index < -0.39 is 0 Å². The number of nitrogens with one attached hydrogen (secondary N) is 1. The lowest BCUT2D eigenvalue weighted by Gasteiger charge is -2.23. The maximum absolute atomic E-state index is 9.26. The smallest absolute Gasteiger partial charge is 0.123 e. The average Bonchev–Trinajstić information content (AvgIpc) is 2.43. The van der Waals surface area contributed by atoms with E-state index in [4.69, 9.17) is 4.74 Å². The van der Waals surface area contributed by atoms with Gasteiger partial charge in [0, 0.05) is 5.56 Å². The minimum absolute atomic E-state index is 0.00571. The summed E-state index contributed by atoms with van der Waals surface area (Å²) in [5, 5.41) is 12.5. The molecule has 0 aliphatic rings. The molecule has 0 heterocycles. The second-order valence-corrected chi connectivity index (χ2v) is 5.07. The number of hydrogen-bond donors (Lipinski definition) is 1. The Morgan fingerprint density at radius 2 is 2.05 bits per heavy atom. The fourth-order valence-electron chi connectivity index (χ4n) is 2.32. The predicted octanol–water partition coefficient (Wildman–Crippen LogP) is 3.63. The predicted molar refractivity (Wildman–Crippen MR) is 78.3 cm³/mol. The highest BCUT2D eigenvalue weighted by Crippen LogP contribution is 2.33. The second-order valence-electron chi connectivity index (χ2n) is 5.07. The molecule has 0 bridgehead atoms. The Labute approximate surface area is 116 Å². The van der Waals surface area contributed by atoms with Crippen LogP contribution in [-0.2, 0) is 0 Å². The number of ether oxygens (including phenoxy) is 1. The largest absolute Gasteiger partial charge is 0.496 e. The van der Waals surface area contributed by atoms with Gasteiger partial charge in [0.05, 0.1) is 25.1 Å². The van der Waals surface area contributed by atoms with Gasteiger partial charge < -0.3 is 10.1 Å². The van der Waals surface area contributed by atoms with Crippen molar-refractivity contribution in [2.45, 2.75) is 39.2 Å². The van der Waals surface area contributed by atoms with Crippen LogP contribution in [0.5, 0.6) is 5.75 Å². The molecule has 0 aliphatic heterocycles. The first-order valence-electron chi connectivity index (χ1n) is 6.83. The molecule has 0 fully saturated rings. The number of nitrogens with zero attached hydrogens (tertiary/aromatic N) is 1. The number of methoxy groups -OCH3 is 1. The zero-order valence-corrected chi connectivity index (χ0v) is 12.5. The maximum atomic E-state index is 9.26. The van der Waals surface area contributed by atoms with Crippen LogP contribution in [0.3, 0.4) is 0 Å². The minimum Gasteiger partial charge on any atom is -0.496 e. The van der Waals surface area contributed by atoms with E-state index in [0.717, 1.165) is 17.7 Å². The Kier molecular flexibility index (Phi) is 5.85. The summed E-state index contributed by atoms with van der Waals surface area (Å²) < 4.78 is 5.51. The fourth-order valence-corrected chi connectivity index (χ4v) is 2.32. The third-order valence-electron chi connectivity index (χ3n) is 3.58. The van der Waals surface area contributed by atoms with Gasteiger partial charge in [-0.2, -0.15) is 5.26 Å². The third-order valence-corrected chi connectivity index (χ3v) is 3.58. The molecule has 0 spiro atoms. The van der Waals surface area contributed by atoms with Gasteiger partial charge in [-0.05, 0) is 31.0 Å². The van der Waals surface area contributed by atoms with Crippen LogP contribution < -0.4 is 10.1 Å². The van der Waals surface area contributed by atoms with Crippen LogP contribution in [0, 0.1) is 17.2 Å². The lowest BCUT2D eigenvalue weighted by atomic mass is 9.90. The van der Waals surface area contributed by atoms with Crippen molar-refractivity contribution in [3.8, 4) is 11.8 Å². The minimum atomic E-state index is -0.0520. The highest BCUT2D eigenvalue weighted by atomic mass is 16.5. The van der Waals surface area contributed by atoms with E-state index >= 15 is 0 Å². The van der Waals surface area contributed by atoms with Crippen molar-refractivity contribution in [3.05, 3.63) is 29.3 Å². The van der Waals surface area contributed by atoms with E-state index in [1.54, 1.807) is 7.11 Å². The first-order chi connectivity index (χ1) is 9.08. The zero-order chi connectivity index (χ0) is 14.4. The Morgan fingerprint density at radius 3 is 2.47 bits per heavy atom. The molecule has 0 saturated heterocycles. The average molecular weight is 260 g/mol. The fraction of sp³-hybridized carbons (Fsp3) is 0.562. The Morgan fingerprint density at radius 1 is 1.37 bits per heavy atom. The first-order valence-corrected chi connectivity index (χ1v) is 6.83. The van der Waals surface area contributed by atoms with Crippen molar-refractivity contribution in [2.75, 3.05) is 14.2 Å². The first kappa shape index (κ1) is 15.5. The molecule has 3 heteroatoms. The number of benzene rings is 1. The molecule has 0 saturated carbocycles. The van der Waals surface area contributed by atoms with E-state index in [1.807, 2.05) is 14.0 Å². The van der Waals surface area contributed by atoms with Crippen molar-refractivity contribution in [1.29, 1.82) is 5.26 Å².